The Morgan fingerprint density at radius 3 is 2.35 bits per heavy atom. The molecule has 4 aromatic carbocycles. The van der Waals surface area contributed by atoms with Crippen LogP contribution in [-0.4, -0.2) is 20.9 Å². The Hall–Kier alpha value is -3.32. The van der Waals surface area contributed by atoms with Gasteiger partial charge in [0.15, 0.2) is 0 Å². The van der Waals surface area contributed by atoms with Gasteiger partial charge in [-0.15, -0.1) is 0 Å². The van der Waals surface area contributed by atoms with E-state index in [9.17, 15) is 0 Å². The minimum atomic E-state index is -0.702. The van der Waals surface area contributed by atoms with Crippen LogP contribution in [-0.2, 0) is 0 Å². The first-order valence-corrected chi connectivity index (χ1v) is 11.2. The third-order valence-electron chi connectivity index (χ3n) is 5.42. The highest BCUT2D eigenvalue weighted by Gasteiger charge is 2.11. The highest BCUT2D eigenvalue weighted by Crippen LogP contribution is 2.28. The lowest BCUT2D eigenvalue weighted by atomic mass is 10.0. The first kappa shape index (κ1) is 19.6. The molecule has 0 saturated carbocycles. The largest absolute Gasteiger partial charge is 0.881 e. The second kappa shape index (κ2) is 8.43. The van der Waals surface area contributed by atoms with E-state index < -0.39 is 15.9 Å². The summed E-state index contributed by atoms with van der Waals surface area (Å²) in [4.78, 5) is 4.67. The molecule has 0 bridgehead atoms. The fraction of sp³-hybridized carbons (Fsp3) is 0.0741. The Balaban J connectivity index is 1.33. The number of hydrogen-bond acceptors (Lipinski definition) is 3. The molecule has 0 fully saturated rings. The molecule has 4 heteroatoms. The third kappa shape index (κ3) is 4.14. The zero-order valence-corrected chi connectivity index (χ0v) is 18.7. The summed E-state index contributed by atoms with van der Waals surface area (Å²) in [5, 5.41) is 3.45. The van der Waals surface area contributed by atoms with Gasteiger partial charge in [-0.25, -0.2) is 4.98 Å². The molecule has 5 aromatic rings. The van der Waals surface area contributed by atoms with Crippen LogP contribution in [0.2, 0.25) is 0 Å². The van der Waals surface area contributed by atoms with Crippen molar-refractivity contribution in [3.63, 3.8) is 0 Å². The minimum Gasteiger partial charge on any atom is -0.616 e. The molecular formula is C27H21AlNO2. The van der Waals surface area contributed by atoms with Crippen molar-refractivity contribution in [2.24, 2.45) is 0 Å². The maximum atomic E-state index is 6.02. The van der Waals surface area contributed by atoms with Gasteiger partial charge in [-0.1, -0.05) is 60.7 Å². The topological polar surface area (TPSA) is 31.4 Å². The van der Waals surface area contributed by atoms with E-state index in [0.717, 1.165) is 33.5 Å². The monoisotopic (exact) mass is 418 g/mol. The van der Waals surface area contributed by atoms with Gasteiger partial charge in [0.05, 0.1) is 5.75 Å². The molecule has 5 rings (SSSR count). The predicted octanol–water partition coefficient (Wildman–Crippen LogP) is 6.66. The lowest BCUT2D eigenvalue weighted by Crippen LogP contribution is -2.11. The second-order valence-corrected chi connectivity index (χ2v) is 8.32. The number of aryl methyl sites for hydroxylation is 2. The van der Waals surface area contributed by atoms with Crippen molar-refractivity contribution in [2.45, 2.75) is 13.8 Å². The maximum absolute atomic E-state index is 6.02. The van der Waals surface area contributed by atoms with Crippen molar-refractivity contribution in [1.29, 1.82) is 0 Å². The van der Waals surface area contributed by atoms with Crippen molar-refractivity contribution in [2.75, 3.05) is 0 Å². The fourth-order valence-corrected chi connectivity index (χ4v) is 4.49. The first-order chi connectivity index (χ1) is 15.2. The van der Waals surface area contributed by atoms with Crippen molar-refractivity contribution < 1.29 is 7.58 Å². The number of fused-ring (bicyclic) bond motifs is 2. The Morgan fingerprint density at radius 1 is 0.677 bits per heavy atom. The van der Waals surface area contributed by atoms with Crippen LogP contribution in [0.4, 0.5) is 0 Å². The average molecular weight is 418 g/mol. The van der Waals surface area contributed by atoms with Gasteiger partial charge in [0.25, 0.3) is 0 Å². The molecular weight excluding hydrogens is 397 g/mol. The number of rotatable bonds is 5. The van der Waals surface area contributed by atoms with Crippen LogP contribution in [0.25, 0.3) is 32.8 Å². The van der Waals surface area contributed by atoms with Crippen molar-refractivity contribution >= 4 is 37.6 Å². The van der Waals surface area contributed by atoms with E-state index >= 15 is 0 Å². The van der Waals surface area contributed by atoms with E-state index in [2.05, 4.69) is 78.6 Å². The predicted molar refractivity (Wildman–Crippen MR) is 128 cm³/mol. The molecule has 0 atom stereocenters. The standard InChI is InChI=1S/C16H12O.C11H11NO.Al/c17-16-9-8-14-10-13(6-7-15(14)11-16)12-4-2-1-3-5-12;1-7-6-8(2)12-11-9(7)4-3-5-10(11)13;/h1-11,17H;3-6,13H,1-2H3;/q;;+2/p-2. The number of aromatic nitrogens is 1. The Bertz CT molecular complexity index is 1380. The number of pyridine rings is 1. The van der Waals surface area contributed by atoms with E-state index in [4.69, 9.17) is 7.58 Å². The number of para-hydroxylation sites is 1. The summed E-state index contributed by atoms with van der Waals surface area (Å²) >= 11 is -0.702. The molecule has 149 valence electrons. The van der Waals surface area contributed by atoms with Crippen LogP contribution in [0.15, 0.2) is 91.0 Å². The third-order valence-corrected chi connectivity index (χ3v) is 6.13. The quantitative estimate of drug-likeness (QED) is 0.299. The maximum Gasteiger partial charge on any atom is 0.881 e. The number of nitrogens with zero attached hydrogens (tertiary/aromatic N) is 1. The van der Waals surface area contributed by atoms with E-state index in [1.165, 1.54) is 22.1 Å². The molecule has 1 heterocycles. The lowest BCUT2D eigenvalue weighted by Gasteiger charge is -2.12. The smallest absolute Gasteiger partial charge is 0.616 e. The molecule has 0 aliphatic heterocycles. The summed E-state index contributed by atoms with van der Waals surface area (Å²) in [7, 11) is 0. The van der Waals surface area contributed by atoms with Crippen LogP contribution in [0, 0.1) is 13.8 Å². The summed E-state index contributed by atoms with van der Waals surface area (Å²) in [6.45, 7) is 4.10. The minimum absolute atomic E-state index is 0.702. The summed E-state index contributed by atoms with van der Waals surface area (Å²) in [5.74, 6) is 1.59. The van der Waals surface area contributed by atoms with E-state index in [-0.39, 0.29) is 0 Å². The molecule has 3 nitrogen and oxygen atoms in total. The lowest BCUT2D eigenvalue weighted by molar-refractivity contribution is 0.461. The SMILES string of the molecule is Cc1cc(C)c2cccc([O][Al][O]c3ccc4cc(-c5ccccc5)ccc4c3)c2n1. The normalized spacial score (nSPS) is 10.9. The van der Waals surface area contributed by atoms with Crippen LogP contribution in [0.3, 0.4) is 0 Å². The van der Waals surface area contributed by atoms with Crippen LogP contribution < -0.4 is 7.58 Å². The molecule has 0 amide bonds. The molecule has 0 unspecified atom stereocenters. The zero-order chi connectivity index (χ0) is 21.2. The van der Waals surface area contributed by atoms with Gasteiger partial charge in [0.1, 0.15) is 11.3 Å². The van der Waals surface area contributed by atoms with Gasteiger partial charge >= 0.3 is 15.9 Å². The highest BCUT2D eigenvalue weighted by atomic mass is 27.2. The molecule has 0 spiro atoms. The molecule has 0 aliphatic carbocycles. The van der Waals surface area contributed by atoms with Crippen molar-refractivity contribution in [3.8, 4) is 22.6 Å². The van der Waals surface area contributed by atoms with Crippen LogP contribution >= 0.6 is 0 Å². The summed E-state index contributed by atoms with van der Waals surface area (Å²) in [6, 6.07) is 31.2. The van der Waals surface area contributed by atoms with Crippen molar-refractivity contribution in [3.05, 3.63) is 102 Å². The second-order valence-electron chi connectivity index (χ2n) is 7.65. The van der Waals surface area contributed by atoms with Crippen molar-refractivity contribution in [1.82, 2.24) is 4.98 Å². The van der Waals surface area contributed by atoms with E-state index in [1.807, 2.05) is 31.2 Å². The first-order valence-electron chi connectivity index (χ1n) is 10.3. The Kier molecular flexibility index (Phi) is 5.34. The van der Waals surface area contributed by atoms with Gasteiger partial charge in [-0.05, 0) is 71.6 Å². The van der Waals surface area contributed by atoms with Gasteiger partial charge < -0.3 is 7.58 Å². The van der Waals surface area contributed by atoms with E-state index in [1.54, 1.807) is 0 Å². The summed E-state index contributed by atoms with van der Waals surface area (Å²) in [6.07, 6.45) is 0. The van der Waals surface area contributed by atoms with Gasteiger partial charge in [-0.2, -0.15) is 0 Å². The average Bonchev–Trinajstić information content (AvgIpc) is 2.79. The van der Waals surface area contributed by atoms with Crippen LogP contribution in [0.1, 0.15) is 11.3 Å². The molecule has 0 N–H and O–H groups in total. The van der Waals surface area contributed by atoms with Gasteiger partial charge in [0.2, 0.25) is 0 Å². The van der Waals surface area contributed by atoms with Gasteiger partial charge in [0, 0.05) is 11.1 Å². The van der Waals surface area contributed by atoms with E-state index in [0.29, 0.717) is 0 Å². The highest BCUT2D eigenvalue weighted by molar-refractivity contribution is 6.21. The molecule has 31 heavy (non-hydrogen) atoms. The van der Waals surface area contributed by atoms with Gasteiger partial charge in [-0.3, -0.25) is 0 Å². The summed E-state index contributed by atoms with van der Waals surface area (Å²) < 4.78 is 12.0. The molecule has 1 radical (unpaired) electrons. The number of hydrogen-bond donors (Lipinski definition) is 0. The Labute approximate surface area is 188 Å². The zero-order valence-electron chi connectivity index (χ0n) is 17.5. The molecule has 0 saturated heterocycles. The Morgan fingerprint density at radius 2 is 1.48 bits per heavy atom. The number of benzene rings is 4. The fourth-order valence-electron chi connectivity index (χ4n) is 3.89. The summed E-state index contributed by atoms with van der Waals surface area (Å²) in [5.41, 5.74) is 5.51. The van der Waals surface area contributed by atoms with Crippen LogP contribution in [0.5, 0.6) is 11.5 Å². The molecule has 0 aliphatic rings. The molecule has 1 aromatic heterocycles.